The molecule has 0 aliphatic carbocycles. The number of fused-ring (bicyclic) bond motifs is 1. The topological polar surface area (TPSA) is 63.2 Å². The molecule has 3 aromatic carbocycles. The molecule has 3 aromatic rings. The minimum atomic E-state index is -3.55. The molecule has 4 nitrogen and oxygen atoms in total. The molecule has 0 unspecified atom stereocenters. The van der Waals surface area contributed by atoms with Crippen LogP contribution in [0.1, 0.15) is 15.9 Å². The predicted octanol–water partition coefficient (Wildman–Crippen LogP) is 3.31. The van der Waals surface area contributed by atoms with Crippen molar-refractivity contribution in [3.63, 3.8) is 0 Å². The Morgan fingerprint density at radius 3 is 2.29 bits per heavy atom. The van der Waals surface area contributed by atoms with E-state index in [0.29, 0.717) is 5.56 Å². The Kier molecular flexibility index (Phi) is 4.36. The first-order valence-electron chi connectivity index (χ1n) is 7.52. The van der Waals surface area contributed by atoms with Gasteiger partial charge in [0.2, 0.25) is 0 Å². The zero-order valence-electron chi connectivity index (χ0n) is 13.2. The van der Waals surface area contributed by atoms with E-state index in [1.165, 1.54) is 0 Å². The van der Waals surface area contributed by atoms with Crippen LogP contribution in [0.5, 0.6) is 0 Å². The van der Waals surface area contributed by atoms with Gasteiger partial charge in [0.25, 0.3) is 5.91 Å². The Morgan fingerprint density at radius 1 is 0.917 bits per heavy atom. The largest absolute Gasteiger partial charge is 0.338 e. The summed E-state index contributed by atoms with van der Waals surface area (Å²) < 4.78 is 24.6. The maximum absolute atomic E-state index is 12.3. The molecule has 1 N–H and O–H groups in total. The third kappa shape index (κ3) is 3.46. The average molecular weight is 339 g/mol. The van der Waals surface area contributed by atoms with Crippen molar-refractivity contribution in [2.45, 2.75) is 11.8 Å². The molecule has 0 saturated carbocycles. The normalized spacial score (nSPS) is 11.4. The maximum atomic E-state index is 12.3. The molecule has 0 heterocycles. The molecule has 0 spiro atoms. The Balaban J connectivity index is 1.75. The summed E-state index contributed by atoms with van der Waals surface area (Å²) in [6, 6.07) is 19.5. The van der Waals surface area contributed by atoms with Crippen LogP contribution in [0, 0.1) is 6.92 Å². The molecule has 0 aliphatic rings. The van der Waals surface area contributed by atoms with Gasteiger partial charge in [0.15, 0.2) is 9.84 Å². The number of amides is 1. The van der Waals surface area contributed by atoms with Gasteiger partial charge in [-0.3, -0.25) is 4.79 Å². The summed E-state index contributed by atoms with van der Waals surface area (Å²) in [5, 5.41) is 4.46. The van der Waals surface area contributed by atoms with Crippen molar-refractivity contribution in [2.75, 3.05) is 5.88 Å². The fraction of sp³-hybridized carbons (Fsp3) is 0.105. The summed E-state index contributed by atoms with van der Waals surface area (Å²) in [5.74, 6) is -0.835. The van der Waals surface area contributed by atoms with Crippen molar-refractivity contribution in [3.8, 4) is 0 Å². The number of hydrogen-bond donors (Lipinski definition) is 1. The molecule has 24 heavy (non-hydrogen) atoms. The van der Waals surface area contributed by atoms with Gasteiger partial charge in [-0.25, -0.2) is 8.42 Å². The van der Waals surface area contributed by atoms with Gasteiger partial charge in [0.1, 0.15) is 5.88 Å². The van der Waals surface area contributed by atoms with Gasteiger partial charge in [-0.15, -0.1) is 0 Å². The van der Waals surface area contributed by atoms with Gasteiger partial charge in [-0.05, 0) is 42.0 Å². The van der Waals surface area contributed by atoms with E-state index >= 15 is 0 Å². The fourth-order valence-electron chi connectivity index (χ4n) is 2.42. The molecule has 3 rings (SSSR count). The standard InChI is InChI=1S/C19H17NO3S/c1-14-6-10-18(11-7-14)24(22,23)13-20-19(21)17-9-8-15-4-2-3-5-16(15)12-17/h2-12H,13H2,1H3,(H,20,21). The van der Waals surface area contributed by atoms with Crippen LogP contribution in [0.3, 0.4) is 0 Å². The van der Waals surface area contributed by atoms with E-state index in [-0.39, 0.29) is 4.90 Å². The smallest absolute Gasteiger partial charge is 0.252 e. The molecule has 122 valence electrons. The molecule has 5 heteroatoms. The van der Waals surface area contributed by atoms with Crippen LogP contribution < -0.4 is 5.32 Å². The lowest BCUT2D eigenvalue weighted by atomic mass is 10.1. The number of hydrogen-bond acceptors (Lipinski definition) is 3. The molecule has 0 saturated heterocycles. The van der Waals surface area contributed by atoms with E-state index in [0.717, 1.165) is 16.3 Å². The quantitative estimate of drug-likeness (QED) is 0.793. The van der Waals surface area contributed by atoms with Crippen LogP contribution in [0.2, 0.25) is 0 Å². The zero-order chi connectivity index (χ0) is 17.2. The second-order valence-electron chi connectivity index (χ2n) is 5.64. The number of benzene rings is 3. The van der Waals surface area contributed by atoms with E-state index < -0.39 is 21.6 Å². The third-order valence-electron chi connectivity index (χ3n) is 3.81. The predicted molar refractivity (Wildman–Crippen MR) is 94.6 cm³/mol. The van der Waals surface area contributed by atoms with Crippen molar-refractivity contribution >= 4 is 26.5 Å². The Labute approximate surface area is 141 Å². The summed E-state index contributed by atoms with van der Waals surface area (Å²) in [6.45, 7) is 1.89. The highest BCUT2D eigenvalue weighted by atomic mass is 32.2. The first-order valence-corrected chi connectivity index (χ1v) is 9.17. The summed E-state index contributed by atoms with van der Waals surface area (Å²) in [6.07, 6.45) is 0. The fourth-order valence-corrected chi connectivity index (χ4v) is 3.46. The number of carbonyl (C=O) groups excluding carboxylic acids is 1. The van der Waals surface area contributed by atoms with Gasteiger partial charge < -0.3 is 5.32 Å². The highest BCUT2D eigenvalue weighted by Crippen LogP contribution is 2.16. The Morgan fingerprint density at radius 2 is 1.58 bits per heavy atom. The van der Waals surface area contributed by atoms with E-state index in [1.807, 2.05) is 37.3 Å². The SMILES string of the molecule is Cc1ccc(S(=O)(=O)CNC(=O)c2ccc3ccccc3c2)cc1. The van der Waals surface area contributed by atoms with E-state index in [9.17, 15) is 13.2 Å². The van der Waals surface area contributed by atoms with Crippen molar-refractivity contribution < 1.29 is 13.2 Å². The van der Waals surface area contributed by atoms with Crippen LogP contribution in [-0.2, 0) is 9.84 Å². The molecule has 0 bridgehead atoms. The van der Waals surface area contributed by atoms with E-state index in [2.05, 4.69) is 5.32 Å². The third-order valence-corrected chi connectivity index (χ3v) is 5.33. The van der Waals surface area contributed by atoms with E-state index in [4.69, 9.17) is 0 Å². The van der Waals surface area contributed by atoms with Crippen molar-refractivity contribution in [2.24, 2.45) is 0 Å². The molecular formula is C19H17NO3S. The first-order chi connectivity index (χ1) is 11.5. The van der Waals surface area contributed by atoms with Gasteiger partial charge >= 0.3 is 0 Å². The Hall–Kier alpha value is -2.66. The maximum Gasteiger partial charge on any atom is 0.252 e. The number of aryl methyl sites for hydroxylation is 1. The lowest BCUT2D eigenvalue weighted by molar-refractivity contribution is 0.0960. The van der Waals surface area contributed by atoms with Gasteiger partial charge in [0, 0.05) is 5.56 Å². The monoisotopic (exact) mass is 339 g/mol. The van der Waals surface area contributed by atoms with Crippen LogP contribution in [0.4, 0.5) is 0 Å². The lowest BCUT2D eigenvalue weighted by Crippen LogP contribution is -2.29. The molecule has 0 aromatic heterocycles. The number of sulfone groups is 1. The van der Waals surface area contributed by atoms with Crippen LogP contribution in [0.25, 0.3) is 10.8 Å². The molecule has 1 amide bonds. The summed E-state index contributed by atoms with van der Waals surface area (Å²) in [4.78, 5) is 12.4. The second kappa shape index (κ2) is 6.45. The lowest BCUT2D eigenvalue weighted by Gasteiger charge is -2.08. The molecule has 0 fully saturated rings. The molecule has 0 aliphatic heterocycles. The Bertz CT molecular complexity index is 993. The minimum Gasteiger partial charge on any atom is -0.338 e. The highest BCUT2D eigenvalue weighted by molar-refractivity contribution is 7.91. The van der Waals surface area contributed by atoms with Crippen molar-refractivity contribution in [1.29, 1.82) is 0 Å². The van der Waals surface area contributed by atoms with Crippen LogP contribution in [-0.4, -0.2) is 20.2 Å². The molecular weight excluding hydrogens is 322 g/mol. The number of nitrogens with one attached hydrogen (secondary N) is 1. The highest BCUT2D eigenvalue weighted by Gasteiger charge is 2.16. The summed E-state index contributed by atoms with van der Waals surface area (Å²) in [7, 11) is -3.55. The van der Waals surface area contributed by atoms with E-state index in [1.54, 1.807) is 36.4 Å². The number of carbonyl (C=O) groups is 1. The summed E-state index contributed by atoms with van der Waals surface area (Å²) >= 11 is 0. The van der Waals surface area contributed by atoms with Crippen molar-refractivity contribution in [3.05, 3.63) is 77.9 Å². The van der Waals surface area contributed by atoms with Crippen LogP contribution in [0.15, 0.2) is 71.6 Å². The number of rotatable bonds is 4. The van der Waals surface area contributed by atoms with Crippen molar-refractivity contribution in [1.82, 2.24) is 5.32 Å². The summed E-state index contributed by atoms with van der Waals surface area (Å²) in [5.41, 5.74) is 1.42. The zero-order valence-corrected chi connectivity index (χ0v) is 14.0. The van der Waals surface area contributed by atoms with Gasteiger partial charge in [0.05, 0.1) is 4.90 Å². The van der Waals surface area contributed by atoms with Gasteiger partial charge in [-0.2, -0.15) is 0 Å². The molecule has 0 atom stereocenters. The average Bonchev–Trinajstić information content (AvgIpc) is 2.59. The molecule has 0 radical (unpaired) electrons. The second-order valence-corrected chi connectivity index (χ2v) is 7.63. The minimum absolute atomic E-state index is 0.201. The van der Waals surface area contributed by atoms with Crippen LogP contribution >= 0.6 is 0 Å². The van der Waals surface area contributed by atoms with Gasteiger partial charge in [-0.1, -0.05) is 48.0 Å². The first kappa shape index (κ1) is 16.2.